The van der Waals surface area contributed by atoms with E-state index in [1.807, 2.05) is 6.92 Å². The molecule has 0 aliphatic heterocycles. The Bertz CT molecular complexity index is 371. The molecule has 2 heteroatoms. The normalized spacial score (nSPS) is 23.9. The second-order valence-electron chi connectivity index (χ2n) is 4.34. The number of aldehydes is 1. The van der Waals surface area contributed by atoms with E-state index in [4.69, 9.17) is 5.11 Å². The second-order valence-corrected chi connectivity index (χ2v) is 4.34. The Morgan fingerprint density at radius 3 is 3.00 bits per heavy atom. The van der Waals surface area contributed by atoms with E-state index in [0.717, 1.165) is 19.1 Å². The van der Waals surface area contributed by atoms with Gasteiger partial charge in [-0.15, -0.1) is 0 Å². The highest BCUT2D eigenvalue weighted by Gasteiger charge is 2.31. The number of hydrogen-bond donors (Lipinski definition) is 1. The highest BCUT2D eigenvalue weighted by Crippen LogP contribution is 2.38. The summed E-state index contributed by atoms with van der Waals surface area (Å²) in [6.07, 6.45) is 2.68. The van der Waals surface area contributed by atoms with E-state index in [0.29, 0.717) is 5.92 Å². The summed E-state index contributed by atoms with van der Waals surface area (Å²) >= 11 is 0. The summed E-state index contributed by atoms with van der Waals surface area (Å²) in [5.74, 6) is 0.288. The van der Waals surface area contributed by atoms with Crippen molar-refractivity contribution in [2.75, 3.05) is 6.61 Å². The first-order valence-electron chi connectivity index (χ1n) is 5.42. The van der Waals surface area contributed by atoms with Crippen LogP contribution in [-0.2, 0) is 11.2 Å². The van der Waals surface area contributed by atoms with Crippen LogP contribution in [-0.4, -0.2) is 18.0 Å². The summed E-state index contributed by atoms with van der Waals surface area (Å²) in [6.45, 7) is 2.21. The van der Waals surface area contributed by atoms with Gasteiger partial charge in [-0.1, -0.05) is 23.8 Å². The largest absolute Gasteiger partial charge is 0.396 e. The molecule has 0 spiro atoms. The fourth-order valence-electron chi connectivity index (χ4n) is 2.51. The van der Waals surface area contributed by atoms with Gasteiger partial charge in [0.05, 0.1) is 0 Å². The van der Waals surface area contributed by atoms with Crippen LogP contribution < -0.4 is 0 Å². The molecule has 2 nitrogen and oxygen atoms in total. The maximum absolute atomic E-state index is 11.1. The maximum Gasteiger partial charge on any atom is 0.127 e. The molecule has 0 saturated carbocycles. The molecular weight excluding hydrogens is 188 g/mol. The molecule has 1 N–H and O–H groups in total. The van der Waals surface area contributed by atoms with Gasteiger partial charge in [0.25, 0.3) is 0 Å². The number of carbonyl (C=O) groups excluding carboxylic acids is 1. The minimum absolute atomic E-state index is 0.00736. The first kappa shape index (κ1) is 10.4. The molecule has 15 heavy (non-hydrogen) atoms. The van der Waals surface area contributed by atoms with Crippen molar-refractivity contribution in [1.29, 1.82) is 0 Å². The van der Waals surface area contributed by atoms with Crippen LogP contribution in [0.1, 0.15) is 29.0 Å². The van der Waals surface area contributed by atoms with Crippen LogP contribution in [0.4, 0.5) is 0 Å². The third-order valence-corrected chi connectivity index (χ3v) is 3.30. The smallest absolute Gasteiger partial charge is 0.127 e. The van der Waals surface area contributed by atoms with Crippen molar-refractivity contribution in [1.82, 2.24) is 0 Å². The van der Waals surface area contributed by atoms with E-state index in [-0.39, 0.29) is 12.5 Å². The van der Waals surface area contributed by atoms with Gasteiger partial charge in [0.15, 0.2) is 0 Å². The van der Waals surface area contributed by atoms with Crippen molar-refractivity contribution in [3.8, 4) is 0 Å². The number of fused-ring (bicyclic) bond motifs is 1. The summed E-state index contributed by atoms with van der Waals surface area (Å²) in [6, 6.07) is 6.30. The third kappa shape index (κ3) is 1.82. The Balaban J connectivity index is 2.33. The van der Waals surface area contributed by atoms with Crippen molar-refractivity contribution in [2.24, 2.45) is 5.92 Å². The van der Waals surface area contributed by atoms with E-state index in [9.17, 15) is 4.79 Å². The zero-order chi connectivity index (χ0) is 10.8. The molecule has 2 unspecified atom stereocenters. The Hall–Kier alpha value is -1.15. The van der Waals surface area contributed by atoms with Gasteiger partial charge in [-0.25, -0.2) is 0 Å². The molecule has 0 bridgehead atoms. The summed E-state index contributed by atoms with van der Waals surface area (Å²) < 4.78 is 0. The Labute approximate surface area is 89.9 Å². The van der Waals surface area contributed by atoms with Gasteiger partial charge >= 0.3 is 0 Å². The number of benzene rings is 1. The van der Waals surface area contributed by atoms with Gasteiger partial charge in [0, 0.05) is 12.5 Å². The van der Waals surface area contributed by atoms with E-state index < -0.39 is 0 Å². The van der Waals surface area contributed by atoms with Crippen LogP contribution in [0.5, 0.6) is 0 Å². The lowest BCUT2D eigenvalue weighted by Crippen LogP contribution is -2.10. The van der Waals surface area contributed by atoms with Crippen LogP contribution in [0, 0.1) is 12.8 Å². The molecule has 0 radical (unpaired) electrons. The lowest BCUT2D eigenvalue weighted by Gasteiger charge is -2.12. The minimum atomic E-state index is -0.00736. The minimum Gasteiger partial charge on any atom is -0.396 e. The highest BCUT2D eigenvalue weighted by molar-refractivity contribution is 5.66. The third-order valence-electron chi connectivity index (χ3n) is 3.30. The fraction of sp³-hybridized carbons (Fsp3) is 0.462. The molecule has 2 atom stereocenters. The highest BCUT2D eigenvalue weighted by atomic mass is 16.3. The van der Waals surface area contributed by atoms with Crippen LogP contribution in [0.15, 0.2) is 18.2 Å². The number of aliphatic hydroxyl groups excluding tert-OH is 1. The summed E-state index contributed by atoms with van der Waals surface area (Å²) in [5, 5.41) is 8.96. The number of carbonyl (C=O) groups is 1. The van der Waals surface area contributed by atoms with Crippen molar-refractivity contribution >= 4 is 6.29 Å². The zero-order valence-corrected chi connectivity index (χ0v) is 8.94. The average Bonchev–Trinajstić information content (AvgIpc) is 2.55. The van der Waals surface area contributed by atoms with Crippen molar-refractivity contribution in [2.45, 2.75) is 25.7 Å². The van der Waals surface area contributed by atoms with E-state index in [2.05, 4.69) is 18.2 Å². The van der Waals surface area contributed by atoms with Gasteiger partial charge in [-0.05, 0) is 36.8 Å². The molecule has 0 saturated heterocycles. The van der Waals surface area contributed by atoms with Crippen molar-refractivity contribution < 1.29 is 9.90 Å². The van der Waals surface area contributed by atoms with Crippen LogP contribution in [0.3, 0.4) is 0 Å². The Morgan fingerprint density at radius 1 is 1.53 bits per heavy atom. The molecule has 0 fully saturated rings. The van der Waals surface area contributed by atoms with Crippen LogP contribution >= 0.6 is 0 Å². The number of hydrogen-bond acceptors (Lipinski definition) is 2. The second kappa shape index (κ2) is 4.15. The summed E-state index contributed by atoms with van der Waals surface area (Å²) in [7, 11) is 0. The predicted molar refractivity (Wildman–Crippen MR) is 58.9 cm³/mol. The number of aryl methyl sites for hydroxylation is 1. The van der Waals surface area contributed by atoms with Gasteiger partial charge in [-0.3, -0.25) is 0 Å². The molecule has 1 aromatic rings. The molecule has 1 aliphatic rings. The first-order chi connectivity index (χ1) is 7.26. The van der Waals surface area contributed by atoms with E-state index in [1.54, 1.807) is 0 Å². The lowest BCUT2D eigenvalue weighted by molar-refractivity contribution is -0.109. The fourth-order valence-corrected chi connectivity index (χ4v) is 2.51. The Kier molecular flexibility index (Phi) is 2.87. The molecule has 1 aliphatic carbocycles. The SMILES string of the molecule is Cc1ccc2c(c1)C(C=O)C(CCO)C2. The van der Waals surface area contributed by atoms with Crippen LogP contribution in [0.2, 0.25) is 0 Å². The summed E-state index contributed by atoms with van der Waals surface area (Å²) in [4.78, 5) is 11.1. The summed E-state index contributed by atoms with van der Waals surface area (Å²) in [5.41, 5.74) is 3.64. The first-order valence-corrected chi connectivity index (χ1v) is 5.42. The molecule has 80 valence electrons. The zero-order valence-electron chi connectivity index (χ0n) is 8.94. The standard InChI is InChI=1S/C13H16O2/c1-9-2-3-10-7-11(4-5-14)13(8-15)12(10)6-9/h2-3,6,8,11,13-14H,4-5,7H2,1H3. The lowest BCUT2D eigenvalue weighted by atomic mass is 9.91. The monoisotopic (exact) mass is 204 g/mol. The van der Waals surface area contributed by atoms with Gasteiger partial charge in [-0.2, -0.15) is 0 Å². The molecule has 0 amide bonds. The molecular formula is C13H16O2. The van der Waals surface area contributed by atoms with Crippen molar-refractivity contribution in [3.05, 3.63) is 34.9 Å². The van der Waals surface area contributed by atoms with Crippen molar-refractivity contribution in [3.63, 3.8) is 0 Å². The maximum atomic E-state index is 11.1. The van der Waals surface area contributed by atoms with Gasteiger partial charge < -0.3 is 9.90 Å². The van der Waals surface area contributed by atoms with Gasteiger partial charge in [0.1, 0.15) is 6.29 Å². The van der Waals surface area contributed by atoms with E-state index in [1.165, 1.54) is 16.7 Å². The molecule has 2 rings (SSSR count). The Morgan fingerprint density at radius 2 is 2.33 bits per heavy atom. The number of rotatable bonds is 3. The quantitative estimate of drug-likeness (QED) is 0.763. The van der Waals surface area contributed by atoms with Crippen LogP contribution in [0.25, 0.3) is 0 Å². The average molecular weight is 204 g/mol. The van der Waals surface area contributed by atoms with Gasteiger partial charge in [0.2, 0.25) is 0 Å². The van der Waals surface area contributed by atoms with E-state index >= 15 is 0 Å². The molecule has 0 aromatic heterocycles. The number of aliphatic hydroxyl groups is 1. The topological polar surface area (TPSA) is 37.3 Å². The molecule has 0 heterocycles. The predicted octanol–water partition coefficient (Wildman–Crippen LogP) is 1.83. The molecule has 1 aromatic carbocycles.